The maximum atomic E-state index is 13.3. The highest BCUT2D eigenvalue weighted by Crippen LogP contribution is 2.33. The zero-order valence-electron chi connectivity index (χ0n) is 18.8. The average molecular weight is 423 g/mol. The van der Waals surface area contributed by atoms with Gasteiger partial charge in [-0.2, -0.15) is 5.10 Å². The van der Waals surface area contributed by atoms with Crippen molar-refractivity contribution in [1.29, 1.82) is 0 Å². The van der Waals surface area contributed by atoms with Crippen molar-refractivity contribution in [3.8, 4) is 0 Å². The summed E-state index contributed by atoms with van der Waals surface area (Å²) in [5.41, 5.74) is 4.42. The van der Waals surface area contributed by atoms with Gasteiger partial charge in [0.1, 0.15) is 5.82 Å². The second-order valence-electron chi connectivity index (χ2n) is 9.19. The molecule has 2 aliphatic heterocycles. The molecule has 31 heavy (non-hydrogen) atoms. The van der Waals surface area contributed by atoms with Gasteiger partial charge in [0.05, 0.1) is 17.4 Å². The summed E-state index contributed by atoms with van der Waals surface area (Å²) < 4.78 is 7.22. The van der Waals surface area contributed by atoms with Gasteiger partial charge in [0.25, 0.3) is 5.91 Å². The van der Waals surface area contributed by atoms with Crippen LogP contribution in [0.4, 0.5) is 5.82 Å². The number of piperidine rings is 1. The van der Waals surface area contributed by atoms with Crippen molar-refractivity contribution in [2.75, 3.05) is 24.5 Å². The smallest absolute Gasteiger partial charge is 0.293 e. The summed E-state index contributed by atoms with van der Waals surface area (Å²) in [5.74, 6) is 1.99. The standard InChI is InChI=1S/C23H30N6O2/c1-14-8-10-27(12-14)22-15(2)13-29-20(24-22)11-18(25-29)19-7-5-6-9-28(19)23(30)21-16(3)17(4)26-31-21/h11,13-14,19H,5-10,12H2,1-4H3/t14-,19-/m0/s1. The summed E-state index contributed by atoms with van der Waals surface area (Å²) in [5, 5.41) is 8.80. The van der Waals surface area contributed by atoms with Crippen LogP contribution in [0.2, 0.25) is 0 Å². The fourth-order valence-electron chi connectivity index (χ4n) is 4.86. The van der Waals surface area contributed by atoms with Crippen molar-refractivity contribution in [3.63, 3.8) is 0 Å². The number of amides is 1. The van der Waals surface area contributed by atoms with Gasteiger partial charge in [0.2, 0.25) is 5.76 Å². The first-order chi connectivity index (χ1) is 14.9. The third kappa shape index (κ3) is 3.47. The molecule has 5 heterocycles. The van der Waals surface area contributed by atoms with Crippen molar-refractivity contribution in [1.82, 2.24) is 24.7 Å². The monoisotopic (exact) mass is 422 g/mol. The lowest BCUT2D eigenvalue weighted by molar-refractivity contribution is 0.0562. The van der Waals surface area contributed by atoms with Crippen LogP contribution in [0.3, 0.4) is 0 Å². The second-order valence-corrected chi connectivity index (χ2v) is 9.19. The number of carbonyl (C=O) groups excluding carboxylic acids is 1. The Kier molecular flexibility index (Phi) is 4.95. The van der Waals surface area contributed by atoms with Crippen LogP contribution in [0, 0.1) is 26.7 Å². The third-order valence-corrected chi connectivity index (χ3v) is 6.80. The van der Waals surface area contributed by atoms with E-state index in [1.807, 2.05) is 29.3 Å². The van der Waals surface area contributed by atoms with Gasteiger partial charge in [-0.15, -0.1) is 0 Å². The van der Waals surface area contributed by atoms with Crippen LogP contribution in [0.1, 0.15) is 71.7 Å². The predicted molar refractivity (Wildman–Crippen MR) is 117 cm³/mol. The van der Waals surface area contributed by atoms with Gasteiger partial charge in [-0.3, -0.25) is 4.79 Å². The van der Waals surface area contributed by atoms with Crippen molar-refractivity contribution in [2.24, 2.45) is 5.92 Å². The molecule has 0 saturated carbocycles. The molecule has 0 spiro atoms. The third-order valence-electron chi connectivity index (χ3n) is 6.80. The van der Waals surface area contributed by atoms with E-state index in [0.717, 1.165) is 66.3 Å². The van der Waals surface area contributed by atoms with E-state index in [-0.39, 0.29) is 11.9 Å². The predicted octanol–water partition coefficient (Wildman–Crippen LogP) is 3.86. The van der Waals surface area contributed by atoms with E-state index in [0.29, 0.717) is 18.2 Å². The minimum absolute atomic E-state index is 0.0803. The molecule has 2 saturated heterocycles. The molecule has 0 unspecified atom stereocenters. The summed E-state index contributed by atoms with van der Waals surface area (Å²) in [6.07, 6.45) is 6.20. The number of carbonyl (C=O) groups is 1. The number of nitrogens with zero attached hydrogens (tertiary/aromatic N) is 6. The van der Waals surface area contributed by atoms with Crippen LogP contribution in [0.25, 0.3) is 5.65 Å². The number of anilines is 1. The number of fused-ring (bicyclic) bond motifs is 1. The van der Waals surface area contributed by atoms with E-state index in [1.54, 1.807) is 0 Å². The number of aryl methyl sites for hydroxylation is 2. The van der Waals surface area contributed by atoms with Crippen LogP contribution in [-0.2, 0) is 0 Å². The average Bonchev–Trinajstić information content (AvgIpc) is 3.46. The highest BCUT2D eigenvalue weighted by atomic mass is 16.5. The highest BCUT2D eigenvalue weighted by Gasteiger charge is 2.33. The van der Waals surface area contributed by atoms with Gasteiger partial charge >= 0.3 is 0 Å². The van der Waals surface area contributed by atoms with E-state index in [9.17, 15) is 4.79 Å². The molecule has 2 atom stereocenters. The van der Waals surface area contributed by atoms with E-state index in [4.69, 9.17) is 14.6 Å². The van der Waals surface area contributed by atoms with E-state index < -0.39 is 0 Å². The van der Waals surface area contributed by atoms with E-state index in [2.05, 4.69) is 30.1 Å². The van der Waals surface area contributed by atoms with Gasteiger partial charge in [0.15, 0.2) is 5.65 Å². The summed E-state index contributed by atoms with van der Waals surface area (Å²) in [6, 6.07) is 1.96. The largest absolute Gasteiger partial charge is 0.356 e. The van der Waals surface area contributed by atoms with Gasteiger partial charge in [0, 0.05) is 43.0 Å². The first-order valence-electron chi connectivity index (χ1n) is 11.3. The molecule has 2 fully saturated rings. The van der Waals surface area contributed by atoms with Gasteiger partial charge in [-0.25, -0.2) is 9.50 Å². The van der Waals surface area contributed by atoms with Crippen LogP contribution < -0.4 is 4.90 Å². The summed E-state index contributed by atoms with van der Waals surface area (Å²) in [6.45, 7) is 10.9. The Morgan fingerprint density at radius 3 is 2.71 bits per heavy atom. The molecule has 2 aliphatic rings. The molecule has 0 radical (unpaired) electrons. The van der Waals surface area contributed by atoms with Crippen molar-refractivity contribution in [2.45, 2.75) is 59.4 Å². The normalized spacial score (nSPS) is 21.9. The molecule has 8 heteroatoms. The first kappa shape index (κ1) is 20.0. The Bertz CT molecular complexity index is 1130. The van der Waals surface area contributed by atoms with Gasteiger partial charge in [-0.1, -0.05) is 12.1 Å². The molecule has 0 N–H and O–H groups in total. The van der Waals surface area contributed by atoms with Crippen LogP contribution >= 0.6 is 0 Å². The molecule has 0 aromatic carbocycles. The number of hydrogen-bond acceptors (Lipinski definition) is 6. The number of hydrogen-bond donors (Lipinski definition) is 0. The van der Waals surface area contributed by atoms with Crippen LogP contribution in [-0.4, -0.2) is 50.2 Å². The number of likely N-dealkylation sites (tertiary alicyclic amines) is 1. The minimum atomic E-state index is -0.101. The first-order valence-corrected chi connectivity index (χ1v) is 11.3. The lowest BCUT2D eigenvalue weighted by Crippen LogP contribution is -2.38. The topological polar surface area (TPSA) is 79.8 Å². The fourth-order valence-corrected chi connectivity index (χ4v) is 4.86. The molecular weight excluding hydrogens is 392 g/mol. The lowest BCUT2D eigenvalue weighted by Gasteiger charge is -2.34. The van der Waals surface area contributed by atoms with Crippen molar-refractivity contribution >= 4 is 17.4 Å². The van der Waals surface area contributed by atoms with Crippen LogP contribution in [0.5, 0.6) is 0 Å². The molecule has 8 nitrogen and oxygen atoms in total. The molecule has 3 aromatic rings. The number of rotatable bonds is 3. The van der Waals surface area contributed by atoms with Gasteiger partial charge < -0.3 is 14.3 Å². The molecule has 3 aromatic heterocycles. The molecule has 1 amide bonds. The zero-order valence-corrected chi connectivity index (χ0v) is 18.8. The zero-order chi connectivity index (χ0) is 21.7. The number of aromatic nitrogens is 4. The Morgan fingerprint density at radius 2 is 2.00 bits per heavy atom. The van der Waals surface area contributed by atoms with Crippen molar-refractivity contribution < 1.29 is 9.32 Å². The molecule has 0 aliphatic carbocycles. The summed E-state index contributed by atoms with van der Waals surface area (Å²) >= 11 is 0. The maximum absolute atomic E-state index is 13.3. The molecule has 0 bridgehead atoms. The van der Waals surface area contributed by atoms with E-state index in [1.165, 1.54) is 6.42 Å². The van der Waals surface area contributed by atoms with Gasteiger partial charge in [-0.05, 0) is 52.4 Å². The maximum Gasteiger partial charge on any atom is 0.293 e. The Morgan fingerprint density at radius 1 is 1.16 bits per heavy atom. The molecular formula is C23H30N6O2. The molecule has 164 valence electrons. The van der Waals surface area contributed by atoms with E-state index >= 15 is 0 Å². The molecule has 5 rings (SSSR count). The highest BCUT2D eigenvalue weighted by molar-refractivity contribution is 5.93. The Hall–Kier alpha value is -2.90. The SMILES string of the molecule is Cc1cn2nc([C@@H]3CCCCN3C(=O)c3onc(C)c3C)cc2nc1N1CC[C@H](C)C1. The van der Waals surface area contributed by atoms with Crippen LogP contribution in [0.15, 0.2) is 16.8 Å². The lowest BCUT2D eigenvalue weighted by atomic mass is 9.98. The summed E-state index contributed by atoms with van der Waals surface area (Å²) in [7, 11) is 0. The minimum Gasteiger partial charge on any atom is -0.356 e. The quantitative estimate of drug-likeness (QED) is 0.638. The Labute approximate surface area is 182 Å². The summed E-state index contributed by atoms with van der Waals surface area (Å²) in [4.78, 5) is 22.5. The van der Waals surface area contributed by atoms with Crippen molar-refractivity contribution in [3.05, 3.63) is 40.5 Å². The Balaban J connectivity index is 1.48. The fraction of sp³-hybridized carbons (Fsp3) is 0.565. The second kappa shape index (κ2) is 7.66.